The predicted molar refractivity (Wildman–Crippen MR) is 77.8 cm³/mol. The van der Waals surface area contributed by atoms with E-state index in [-0.39, 0.29) is 12.4 Å². The molecule has 20 heavy (non-hydrogen) atoms. The summed E-state index contributed by atoms with van der Waals surface area (Å²) in [7, 11) is -3.31. The first-order valence-electron chi connectivity index (χ1n) is 6.18. The van der Waals surface area contributed by atoms with Gasteiger partial charge in [-0.3, -0.25) is 9.62 Å². The third kappa shape index (κ3) is 3.16. The molecule has 1 heterocycles. The number of amides is 1. The lowest BCUT2D eigenvalue weighted by atomic mass is 10.2. The molecule has 6 nitrogen and oxygen atoms in total. The van der Waals surface area contributed by atoms with E-state index in [1.165, 1.54) is 10.4 Å². The molecular formula is C12H15ClN2O4S. The van der Waals surface area contributed by atoms with Gasteiger partial charge in [-0.1, -0.05) is 11.6 Å². The van der Waals surface area contributed by atoms with Crippen molar-refractivity contribution in [2.24, 2.45) is 0 Å². The van der Waals surface area contributed by atoms with Crippen molar-refractivity contribution in [3.63, 3.8) is 0 Å². The van der Waals surface area contributed by atoms with Gasteiger partial charge in [0.05, 0.1) is 23.1 Å². The van der Waals surface area contributed by atoms with E-state index in [0.29, 0.717) is 29.4 Å². The van der Waals surface area contributed by atoms with Gasteiger partial charge in [-0.25, -0.2) is 13.2 Å². The number of carbonyl (C=O) groups is 1. The van der Waals surface area contributed by atoms with Gasteiger partial charge in [-0.05, 0) is 31.5 Å². The maximum Gasteiger partial charge on any atom is 0.411 e. The highest BCUT2D eigenvalue weighted by Crippen LogP contribution is 2.33. The van der Waals surface area contributed by atoms with Gasteiger partial charge < -0.3 is 4.74 Å². The average molecular weight is 319 g/mol. The third-order valence-corrected chi connectivity index (χ3v) is 5.01. The molecular weight excluding hydrogens is 304 g/mol. The Morgan fingerprint density at radius 3 is 2.85 bits per heavy atom. The number of sulfonamides is 1. The highest BCUT2D eigenvalue weighted by atomic mass is 35.5. The van der Waals surface area contributed by atoms with E-state index in [0.717, 1.165) is 0 Å². The molecule has 1 N–H and O–H groups in total. The maximum atomic E-state index is 11.9. The van der Waals surface area contributed by atoms with Crippen molar-refractivity contribution in [2.45, 2.75) is 13.3 Å². The van der Waals surface area contributed by atoms with Crippen LogP contribution in [0.15, 0.2) is 18.2 Å². The van der Waals surface area contributed by atoms with Crippen molar-refractivity contribution >= 4 is 39.1 Å². The number of hydrogen-bond donors (Lipinski definition) is 1. The number of benzene rings is 1. The molecule has 0 unspecified atom stereocenters. The Labute approximate surface area is 122 Å². The molecule has 1 aromatic carbocycles. The van der Waals surface area contributed by atoms with Crippen molar-refractivity contribution in [1.29, 1.82) is 0 Å². The molecule has 0 saturated carbocycles. The molecule has 110 valence electrons. The highest BCUT2D eigenvalue weighted by Gasteiger charge is 2.30. The second-order valence-electron chi connectivity index (χ2n) is 4.25. The Balaban J connectivity index is 2.28. The highest BCUT2D eigenvalue weighted by molar-refractivity contribution is 7.93. The first-order chi connectivity index (χ1) is 9.44. The molecule has 1 aliphatic heterocycles. The minimum absolute atomic E-state index is 0.110. The van der Waals surface area contributed by atoms with E-state index in [1.54, 1.807) is 19.1 Å². The number of nitrogens with zero attached hydrogens (tertiary/aromatic N) is 1. The molecule has 1 saturated heterocycles. The van der Waals surface area contributed by atoms with Crippen LogP contribution in [0.3, 0.4) is 0 Å². The van der Waals surface area contributed by atoms with Gasteiger partial charge in [0.2, 0.25) is 10.0 Å². The Bertz CT molecular complexity index is 618. The topological polar surface area (TPSA) is 75.7 Å². The molecule has 1 aliphatic rings. The average Bonchev–Trinajstić information content (AvgIpc) is 2.72. The van der Waals surface area contributed by atoms with E-state index < -0.39 is 16.1 Å². The summed E-state index contributed by atoms with van der Waals surface area (Å²) in [4.78, 5) is 11.4. The van der Waals surface area contributed by atoms with Crippen LogP contribution >= 0.6 is 11.6 Å². The van der Waals surface area contributed by atoms with Crippen LogP contribution in [-0.2, 0) is 14.8 Å². The second kappa shape index (κ2) is 5.88. The smallest absolute Gasteiger partial charge is 0.411 e. The summed E-state index contributed by atoms with van der Waals surface area (Å²) in [5.74, 6) is 0.110. The number of halogens is 1. The van der Waals surface area contributed by atoms with Gasteiger partial charge in [0.1, 0.15) is 0 Å². The molecule has 1 amide bonds. The largest absolute Gasteiger partial charge is 0.450 e. The summed E-state index contributed by atoms with van der Waals surface area (Å²) in [5.41, 5.74) is 0.809. The van der Waals surface area contributed by atoms with Gasteiger partial charge in [0.25, 0.3) is 0 Å². The lowest BCUT2D eigenvalue weighted by Crippen LogP contribution is -2.25. The lowest BCUT2D eigenvalue weighted by Gasteiger charge is -2.19. The minimum Gasteiger partial charge on any atom is -0.450 e. The molecule has 0 atom stereocenters. The Hall–Kier alpha value is -1.47. The molecule has 0 bridgehead atoms. The standard InChI is InChI=1S/C12H15ClN2O4S/c1-2-19-12(16)14-9-4-5-10(13)11(8-9)15-6-3-7-20(15,17)18/h4-5,8H,2-3,6-7H2,1H3,(H,14,16). The second-order valence-corrected chi connectivity index (χ2v) is 6.67. The van der Waals surface area contributed by atoms with E-state index in [2.05, 4.69) is 5.32 Å². The summed E-state index contributed by atoms with van der Waals surface area (Å²) >= 11 is 6.05. The van der Waals surface area contributed by atoms with Gasteiger partial charge in [0.15, 0.2) is 0 Å². The fourth-order valence-corrected chi connectivity index (χ4v) is 3.82. The summed E-state index contributed by atoms with van der Waals surface area (Å²) in [6.45, 7) is 2.35. The monoisotopic (exact) mass is 318 g/mol. The minimum atomic E-state index is -3.31. The molecule has 1 fully saturated rings. The zero-order valence-electron chi connectivity index (χ0n) is 10.9. The zero-order valence-corrected chi connectivity index (χ0v) is 12.5. The number of rotatable bonds is 3. The van der Waals surface area contributed by atoms with Crippen molar-refractivity contribution in [1.82, 2.24) is 0 Å². The Kier molecular flexibility index (Phi) is 4.39. The van der Waals surface area contributed by atoms with Gasteiger partial charge >= 0.3 is 6.09 Å². The molecule has 0 radical (unpaired) electrons. The van der Waals surface area contributed by atoms with E-state index in [4.69, 9.17) is 16.3 Å². The van der Waals surface area contributed by atoms with Crippen molar-refractivity contribution in [3.8, 4) is 0 Å². The summed E-state index contributed by atoms with van der Waals surface area (Å²) < 4.78 is 29.8. The third-order valence-electron chi connectivity index (χ3n) is 2.84. The molecule has 0 aromatic heterocycles. The van der Waals surface area contributed by atoms with Crippen LogP contribution in [0, 0.1) is 0 Å². The number of hydrogen-bond acceptors (Lipinski definition) is 4. The number of ether oxygens (including phenoxy) is 1. The predicted octanol–water partition coefficient (Wildman–Crippen LogP) is 2.45. The summed E-state index contributed by atoms with van der Waals surface area (Å²) in [6.07, 6.45) is -0.0289. The van der Waals surface area contributed by atoms with E-state index in [1.807, 2.05) is 0 Å². The molecule has 8 heteroatoms. The van der Waals surface area contributed by atoms with Gasteiger partial charge in [0, 0.05) is 12.2 Å². The molecule has 2 rings (SSSR count). The fraction of sp³-hybridized carbons (Fsp3) is 0.417. The van der Waals surface area contributed by atoms with Crippen molar-refractivity contribution < 1.29 is 17.9 Å². The van der Waals surface area contributed by atoms with Crippen LogP contribution in [0.4, 0.5) is 16.2 Å². The quantitative estimate of drug-likeness (QED) is 0.928. The van der Waals surface area contributed by atoms with Gasteiger partial charge in [-0.15, -0.1) is 0 Å². The van der Waals surface area contributed by atoms with Gasteiger partial charge in [-0.2, -0.15) is 0 Å². The van der Waals surface area contributed by atoms with Crippen LogP contribution < -0.4 is 9.62 Å². The summed E-state index contributed by atoms with van der Waals surface area (Å²) in [6, 6.07) is 4.67. The van der Waals surface area contributed by atoms with Crippen LogP contribution in [0.5, 0.6) is 0 Å². The number of nitrogens with one attached hydrogen (secondary N) is 1. The van der Waals surface area contributed by atoms with Crippen molar-refractivity contribution in [2.75, 3.05) is 28.5 Å². The van der Waals surface area contributed by atoms with Crippen LogP contribution in [0.2, 0.25) is 5.02 Å². The fourth-order valence-electron chi connectivity index (χ4n) is 1.98. The first kappa shape index (κ1) is 14.9. The number of carbonyl (C=O) groups excluding carboxylic acids is 1. The SMILES string of the molecule is CCOC(=O)Nc1ccc(Cl)c(N2CCCS2(=O)=O)c1. The molecule has 1 aromatic rings. The Morgan fingerprint density at radius 2 is 2.25 bits per heavy atom. The Morgan fingerprint density at radius 1 is 1.50 bits per heavy atom. The van der Waals surface area contributed by atoms with Crippen LogP contribution in [0.1, 0.15) is 13.3 Å². The zero-order chi connectivity index (χ0) is 14.8. The van der Waals surface area contributed by atoms with Crippen molar-refractivity contribution in [3.05, 3.63) is 23.2 Å². The maximum absolute atomic E-state index is 11.9. The van der Waals surface area contributed by atoms with E-state index in [9.17, 15) is 13.2 Å². The lowest BCUT2D eigenvalue weighted by molar-refractivity contribution is 0.168. The van der Waals surface area contributed by atoms with E-state index >= 15 is 0 Å². The molecule has 0 aliphatic carbocycles. The summed E-state index contributed by atoms with van der Waals surface area (Å²) in [5, 5.41) is 2.84. The molecule has 0 spiro atoms. The van der Waals surface area contributed by atoms with Crippen LogP contribution in [0.25, 0.3) is 0 Å². The first-order valence-corrected chi connectivity index (χ1v) is 8.16. The number of anilines is 2. The van der Waals surface area contributed by atoms with Crippen LogP contribution in [-0.4, -0.2) is 33.4 Å². The normalized spacial score (nSPS) is 17.0.